The lowest BCUT2D eigenvalue weighted by atomic mass is 10.3. The lowest BCUT2D eigenvalue weighted by Gasteiger charge is -2.31. The first-order valence-electron chi connectivity index (χ1n) is 6.21. The quantitative estimate of drug-likeness (QED) is 0.672. The molecule has 1 heterocycles. The minimum absolute atomic E-state index is 0.200. The summed E-state index contributed by atoms with van der Waals surface area (Å²) in [6.07, 6.45) is 0.200. The van der Waals surface area contributed by atoms with Gasteiger partial charge in [0.2, 0.25) is 0 Å². The molecular weight excluding hydrogens is 251 g/mol. The average Bonchev–Trinajstić information content (AvgIpc) is 2.40. The molecule has 18 heavy (non-hydrogen) atoms. The second-order valence-corrected chi connectivity index (χ2v) is 5.44. The van der Waals surface area contributed by atoms with E-state index in [1.165, 1.54) is 12.1 Å². The van der Waals surface area contributed by atoms with Crippen LogP contribution in [0.1, 0.15) is 6.92 Å². The zero-order valence-corrected chi connectivity index (χ0v) is 11.4. The molecule has 100 valence electrons. The van der Waals surface area contributed by atoms with E-state index in [2.05, 4.69) is 11.8 Å². The minimum atomic E-state index is -0.244. The van der Waals surface area contributed by atoms with Crippen molar-refractivity contribution < 1.29 is 9.13 Å². The van der Waals surface area contributed by atoms with Gasteiger partial charge in [0.15, 0.2) is 0 Å². The van der Waals surface area contributed by atoms with Gasteiger partial charge in [-0.15, -0.1) is 11.8 Å². The van der Waals surface area contributed by atoms with E-state index in [0.29, 0.717) is 5.69 Å². The summed E-state index contributed by atoms with van der Waals surface area (Å²) in [6.45, 7) is 5.92. The Labute approximate surface area is 111 Å². The Kier molecular flexibility index (Phi) is 4.86. The first kappa shape index (κ1) is 13.6. The highest BCUT2D eigenvalue weighted by Gasteiger charge is 2.19. The Bertz CT molecular complexity index is 403. The number of hydrogen-bond acceptors (Lipinski definition) is 4. The Morgan fingerprint density at radius 1 is 1.56 bits per heavy atom. The number of halogens is 1. The van der Waals surface area contributed by atoms with Gasteiger partial charge in [-0.25, -0.2) is 4.39 Å². The highest BCUT2D eigenvalue weighted by Crippen LogP contribution is 2.27. The van der Waals surface area contributed by atoms with Crippen molar-refractivity contribution in [3.63, 3.8) is 0 Å². The van der Waals surface area contributed by atoms with Crippen LogP contribution < -0.4 is 5.73 Å². The molecule has 1 aliphatic rings. The first-order chi connectivity index (χ1) is 8.69. The molecule has 1 saturated heterocycles. The lowest BCUT2D eigenvalue weighted by Crippen LogP contribution is -2.43. The monoisotopic (exact) mass is 270 g/mol. The second kappa shape index (κ2) is 6.41. The zero-order chi connectivity index (χ0) is 13.0. The largest absolute Gasteiger partial charge is 0.398 e. The third kappa shape index (κ3) is 3.60. The Hall–Kier alpha value is -0.780. The smallest absolute Gasteiger partial charge is 0.124 e. The fraction of sp³-hybridized carbons (Fsp3) is 0.538. The van der Waals surface area contributed by atoms with Crippen molar-refractivity contribution in [2.24, 2.45) is 0 Å². The predicted molar refractivity (Wildman–Crippen MR) is 73.4 cm³/mol. The van der Waals surface area contributed by atoms with Gasteiger partial charge in [-0.05, 0) is 24.7 Å². The summed E-state index contributed by atoms with van der Waals surface area (Å²) in [7, 11) is 0. The summed E-state index contributed by atoms with van der Waals surface area (Å²) >= 11 is 1.56. The Morgan fingerprint density at radius 2 is 2.39 bits per heavy atom. The number of nitrogens with two attached hydrogens (primary N) is 1. The van der Waals surface area contributed by atoms with E-state index in [9.17, 15) is 4.39 Å². The van der Waals surface area contributed by atoms with E-state index in [1.54, 1.807) is 17.8 Å². The van der Waals surface area contributed by atoms with E-state index in [4.69, 9.17) is 10.5 Å². The van der Waals surface area contributed by atoms with Crippen molar-refractivity contribution >= 4 is 17.4 Å². The van der Waals surface area contributed by atoms with Crippen LogP contribution in [0.5, 0.6) is 0 Å². The van der Waals surface area contributed by atoms with Crippen molar-refractivity contribution in [2.45, 2.75) is 17.9 Å². The van der Waals surface area contributed by atoms with E-state index in [0.717, 1.165) is 36.9 Å². The molecule has 0 amide bonds. The Balaban J connectivity index is 1.89. The molecule has 1 unspecified atom stereocenters. The molecule has 0 spiro atoms. The van der Waals surface area contributed by atoms with Crippen LogP contribution in [0.2, 0.25) is 0 Å². The van der Waals surface area contributed by atoms with Gasteiger partial charge in [0.1, 0.15) is 5.82 Å². The number of rotatable bonds is 4. The molecule has 1 fully saturated rings. The standard InChI is InChI=1S/C13H19FN2OS/c1-2-16-5-6-17-11(8-16)9-18-13-7-10(14)3-4-12(13)15/h3-4,7,11H,2,5-6,8-9,15H2,1H3. The predicted octanol–water partition coefficient (Wildman–Crippen LogP) is 2.22. The molecular formula is C13H19FN2OS. The number of morpholine rings is 1. The molecule has 0 aliphatic carbocycles. The summed E-state index contributed by atoms with van der Waals surface area (Å²) in [4.78, 5) is 3.16. The van der Waals surface area contributed by atoms with E-state index in [-0.39, 0.29) is 11.9 Å². The van der Waals surface area contributed by atoms with Crippen LogP contribution >= 0.6 is 11.8 Å². The number of ether oxygens (including phenoxy) is 1. The van der Waals surface area contributed by atoms with Gasteiger partial charge in [0.25, 0.3) is 0 Å². The molecule has 1 atom stereocenters. The minimum Gasteiger partial charge on any atom is -0.398 e. The van der Waals surface area contributed by atoms with Crippen LogP contribution in [-0.4, -0.2) is 43.0 Å². The molecule has 3 nitrogen and oxygen atoms in total. The number of nitrogen functional groups attached to an aromatic ring is 1. The average molecular weight is 270 g/mol. The molecule has 2 N–H and O–H groups in total. The number of nitrogens with zero attached hydrogens (tertiary/aromatic N) is 1. The lowest BCUT2D eigenvalue weighted by molar-refractivity contribution is -0.0137. The summed E-state index contributed by atoms with van der Waals surface area (Å²) < 4.78 is 18.8. The van der Waals surface area contributed by atoms with Crippen molar-refractivity contribution in [2.75, 3.05) is 37.7 Å². The molecule has 0 saturated carbocycles. The van der Waals surface area contributed by atoms with Crippen LogP contribution in [0.3, 0.4) is 0 Å². The summed E-state index contributed by atoms with van der Waals surface area (Å²) in [5.74, 6) is 0.566. The van der Waals surface area contributed by atoms with Crippen LogP contribution in [-0.2, 0) is 4.74 Å². The first-order valence-corrected chi connectivity index (χ1v) is 7.19. The van der Waals surface area contributed by atoms with Gasteiger partial charge < -0.3 is 10.5 Å². The van der Waals surface area contributed by atoms with E-state index < -0.39 is 0 Å². The summed E-state index contributed by atoms with van der Waals surface area (Å²) in [5, 5.41) is 0. The highest BCUT2D eigenvalue weighted by atomic mass is 32.2. The van der Waals surface area contributed by atoms with E-state index >= 15 is 0 Å². The van der Waals surface area contributed by atoms with Gasteiger partial charge in [-0.3, -0.25) is 4.90 Å². The molecule has 2 rings (SSSR count). The van der Waals surface area contributed by atoms with Gasteiger partial charge in [0, 0.05) is 29.4 Å². The van der Waals surface area contributed by atoms with E-state index in [1.807, 2.05) is 0 Å². The Morgan fingerprint density at radius 3 is 3.17 bits per heavy atom. The van der Waals surface area contributed by atoms with Crippen LogP contribution in [0.4, 0.5) is 10.1 Å². The molecule has 0 aromatic heterocycles. The molecule has 5 heteroatoms. The third-order valence-corrected chi connectivity index (χ3v) is 4.27. The summed E-state index contributed by atoms with van der Waals surface area (Å²) in [5.41, 5.74) is 6.45. The van der Waals surface area contributed by atoms with Gasteiger partial charge in [-0.1, -0.05) is 6.92 Å². The molecule has 1 aliphatic heterocycles. The number of anilines is 1. The molecule has 0 radical (unpaired) electrons. The van der Waals surface area contributed by atoms with Crippen molar-refractivity contribution in [1.82, 2.24) is 4.90 Å². The SMILES string of the molecule is CCN1CCOC(CSc2cc(F)ccc2N)C1. The normalized spacial score (nSPS) is 21.1. The number of hydrogen-bond donors (Lipinski definition) is 1. The van der Waals surface area contributed by atoms with Gasteiger partial charge >= 0.3 is 0 Å². The van der Waals surface area contributed by atoms with Crippen LogP contribution in [0, 0.1) is 5.82 Å². The maximum atomic E-state index is 13.1. The molecule has 0 bridgehead atoms. The maximum Gasteiger partial charge on any atom is 0.124 e. The summed E-state index contributed by atoms with van der Waals surface area (Å²) in [6, 6.07) is 4.48. The fourth-order valence-corrected chi connectivity index (χ4v) is 2.98. The zero-order valence-electron chi connectivity index (χ0n) is 10.6. The number of benzene rings is 1. The second-order valence-electron chi connectivity index (χ2n) is 4.38. The fourth-order valence-electron chi connectivity index (χ4n) is 1.98. The van der Waals surface area contributed by atoms with Gasteiger partial charge in [0.05, 0.1) is 12.7 Å². The number of likely N-dealkylation sites (N-methyl/N-ethyl adjacent to an activating group) is 1. The molecule has 1 aromatic rings. The van der Waals surface area contributed by atoms with Crippen LogP contribution in [0.25, 0.3) is 0 Å². The third-order valence-electron chi connectivity index (χ3n) is 3.07. The number of thioether (sulfide) groups is 1. The van der Waals surface area contributed by atoms with Crippen LogP contribution in [0.15, 0.2) is 23.1 Å². The maximum absolute atomic E-state index is 13.1. The van der Waals surface area contributed by atoms with Gasteiger partial charge in [-0.2, -0.15) is 0 Å². The van der Waals surface area contributed by atoms with Crippen molar-refractivity contribution in [3.05, 3.63) is 24.0 Å². The molecule has 1 aromatic carbocycles. The van der Waals surface area contributed by atoms with Crippen molar-refractivity contribution in [3.8, 4) is 0 Å². The topological polar surface area (TPSA) is 38.5 Å². The highest BCUT2D eigenvalue weighted by molar-refractivity contribution is 7.99. The van der Waals surface area contributed by atoms with Crippen molar-refractivity contribution in [1.29, 1.82) is 0 Å².